The smallest absolute Gasteiger partial charge is 0.339 e. The van der Waals surface area contributed by atoms with Crippen LogP contribution in [0.5, 0.6) is 11.5 Å². The van der Waals surface area contributed by atoms with Crippen LogP contribution in [0.25, 0.3) is 0 Å². The van der Waals surface area contributed by atoms with Gasteiger partial charge in [0.05, 0.1) is 19.9 Å². The fourth-order valence-corrected chi connectivity index (χ4v) is 1.98. The lowest BCUT2D eigenvalue weighted by Gasteiger charge is -2.07. The fraction of sp³-hybridized carbons (Fsp3) is 0.263. The lowest BCUT2D eigenvalue weighted by atomic mass is 10.2. The van der Waals surface area contributed by atoms with Gasteiger partial charge in [-0.25, -0.2) is 10.2 Å². The van der Waals surface area contributed by atoms with Crippen LogP contribution in [0.4, 0.5) is 10.5 Å². The highest BCUT2D eigenvalue weighted by Gasteiger charge is 2.01. The van der Waals surface area contributed by atoms with E-state index in [0.717, 1.165) is 29.9 Å². The molecule has 0 saturated carbocycles. The average Bonchev–Trinajstić information content (AvgIpc) is 2.64. The SMILES string of the molecule is CCCCOc1ccc(NC(=O)NN=Cc2ccc(OC)cc2)cc1. The van der Waals surface area contributed by atoms with E-state index in [4.69, 9.17) is 9.47 Å². The van der Waals surface area contributed by atoms with Gasteiger partial charge in [0.25, 0.3) is 0 Å². The number of rotatable bonds is 8. The minimum Gasteiger partial charge on any atom is -0.497 e. The number of hydrogen-bond donors (Lipinski definition) is 2. The highest BCUT2D eigenvalue weighted by molar-refractivity contribution is 5.90. The van der Waals surface area contributed by atoms with Gasteiger partial charge in [-0.3, -0.25) is 0 Å². The molecule has 0 fully saturated rings. The maximum absolute atomic E-state index is 11.8. The predicted molar refractivity (Wildman–Crippen MR) is 99.6 cm³/mol. The zero-order chi connectivity index (χ0) is 17.9. The molecule has 2 rings (SSSR count). The van der Waals surface area contributed by atoms with Crippen LogP contribution < -0.4 is 20.2 Å². The highest BCUT2D eigenvalue weighted by Crippen LogP contribution is 2.16. The number of ether oxygens (including phenoxy) is 2. The van der Waals surface area contributed by atoms with Crippen LogP contribution in [0.2, 0.25) is 0 Å². The first-order valence-corrected chi connectivity index (χ1v) is 8.18. The van der Waals surface area contributed by atoms with Crippen LogP contribution in [0.1, 0.15) is 25.3 Å². The van der Waals surface area contributed by atoms with E-state index in [-0.39, 0.29) is 0 Å². The minimum atomic E-state index is -0.413. The molecular weight excluding hydrogens is 318 g/mol. The molecule has 6 heteroatoms. The van der Waals surface area contributed by atoms with Crippen molar-refractivity contribution >= 4 is 17.9 Å². The number of unbranched alkanes of at least 4 members (excludes halogenated alkanes) is 1. The lowest BCUT2D eigenvalue weighted by Crippen LogP contribution is -2.24. The Morgan fingerprint density at radius 3 is 2.40 bits per heavy atom. The van der Waals surface area contributed by atoms with Crippen molar-refractivity contribution in [2.24, 2.45) is 5.10 Å². The summed E-state index contributed by atoms with van der Waals surface area (Å²) in [5.41, 5.74) is 3.94. The molecule has 0 spiro atoms. The lowest BCUT2D eigenvalue weighted by molar-refractivity contribution is 0.252. The maximum atomic E-state index is 11.8. The van der Waals surface area contributed by atoms with Crippen molar-refractivity contribution < 1.29 is 14.3 Å². The summed E-state index contributed by atoms with van der Waals surface area (Å²) in [4.78, 5) is 11.8. The molecule has 0 heterocycles. The molecule has 2 aromatic carbocycles. The summed E-state index contributed by atoms with van der Waals surface area (Å²) in [6.07, 6.45) is 3.68. The number of nitrogens with one attached hydrogen (secondary N) is 2. The van der Waals surface area contributed by atoms with Crippen LogP contribution >= 0.6 is 0 Å². The second-order valence-electron chi connectivity index (χ2n) is 5.32. The van der Waals surface area contributed by atoms with Crippen LogP contribution in [0.15, 0.2) is 53.6 Å². The zero-order valence-electron chi connectivity index (χ0n) is 14.5. The van der Waals surface area contributed by atoms with E-state index >= 15 is 0 Å². The number of benzene rings is 2. The van der Waals surface area contributed by atoms with Crippen LogP contribution in [0, 0.1) is 0 Å². The average molecular weight is 341 g/mol. The molecule has 0 bridgehead atoms. The molecule has 0 unspecified atom stereocenters. The topological polar surface area (TPSA) is 72.0 Å². The third kappa shape index (κ3) is 6.55. The van der Waals surface area contributed by atoms with Crippen molar-refractivity contribution in [3.8, 4) is 11.5 Å². The first kappa shape index (κ1) is 18.3. The predicted octanol–water partition coefficient (Wildman–Crippen LogP) is 4.03. The van der Waals surface area contributed by atoms with E-state index < -0.39 is 6.03 Å². The fourth-order valence-electron chi connectivity index (χ4n) is 1.98. The van der Waals surface area contributed by atoms with Gasteiger partial charge in [-0.15, -0.1) is 0 Å². The quantitative estimate of drug-likeness (QED) is 0.432. The molecule has 0 saturated heterocycles. The number of hydrogen-bond acceptors (Lipinski definition) is 4. The van der Waals surface area contributed by atoms with Gasteiger partial charge in [-0.05, 0) is 60.5 Å². The van der Waals surface area contributed by atoms with Crippen LogP contribution in [0.3, 0.4) is 0 Å². The van der Waals surface area contributed by atoms with Crippen LogP contribution in [-0.2, 0) is 0 Å². The van der Waals surface area contributed by atoms with Crippen molar-refractivity contribution in [3.63, 3.8) is 0 Å². The van der Waals surface area contributed by atoms with E-state index in [1.807, 2.05) is 36.4 Å². The van der Waals surface area contributed by atoms with Crippen molar-refractivity contribution in [1.29, 1.82) is 0 Å². The molecular formula is C19H23N3O3. The Morgan fingerprint density at radius 2 is 1.76 bits per heavy atom. The maximum Gasteiger partial charge on any atom is 0.339 e. The molecule has 0 aliphatic carbocycles. The Balaban J connectivity index is 1.78. The molecule has 25 heavy (non-hydrogen) atoms. The molecule has 0 aromatic heterocycles. The van der Waals surface area contributed by atoms with Gasteiger partial charge in [-0.2, -0.15) is 5.10 Å². The van der Waals surface area contributed by atoms with Gasteiger partial charge in [0.15, 0.2) is 0 Å². The van der Waals surface area contributed by atoms with E-state index in [9.17, 15) is 4.79 Å². The summed E-state index contributed by atoms with van der Waals surface area (Å²) >= 11 is 0. The van der Waals surface area contributed by atoms with Crippen molar-refractivity contribution in [2.75, 3.05) is 19.0 Å². The van der Waals surface area contributed by atoms with Gasteiger partial charge >= 0.3 is 6.03 Å². The van der Waals surface area contributed by atoms with Crippen LogP contribution in [-0.4, -0.2) is 26.0 Å². The molecule has 2 amide bonds. The summed E-state index contributed by atoms with van der Waals surface area (Å²) in [5, 5.41) is 6.61. The Bertz CT molecular complexity index is 682. The second-order valence-corrected chi connectivity index (χ2v) is 5.32. The summed E-state index contributed by atoms with van der Waals surface area (Å²) < 4.78 is 10.7. The van der Waals surface area contributed by atoms with E-state index in [2.05, 4.69) is 22.8 Å². The van der Waals surface area contributed by atoms with Crippen molar-refractivity contribution in [3.05, 3.63) is 54.1 Å². The summed E-state index contributed by atoms with van der Waals surface area (Å²) in [6, 6.07) is 14.2. The number of amides is 2. The van der Waals surface area contributed by atoms with E-state index in [1.54, 1.807) is 25.5 Å². The number of anilines is 1. The molecule has 6 nitrogen and oxygen atoms in total. The van der Waals surface area contributed by atoms with Gasteiger partial charge < -0.3 is 14.8 Å². The number of carbonyl (C=O) groups excluding carboxylic acids is 1. The number of carbonyl (C=O) groups is 1. The summed E-state index contributed by atoms with van der Waals surface area (Å²) in [6.45, 7) is 2.82. The minimum absolute atomic E-state index is 0.413. The van der Waals surface area contributed by atoms with Gasteiger partial charge in [0, 0.05) is 5.69 Å². The first-order chi connectivity index (χ1) is 12.2. The molecule has 0 aliphatic heterocycles. The number of urea groups is 1. The van der Waals surface area contributed by atoms with Gasteiger partial charge in [0.2, 0.25) is 0 Å². The number of hydrazone groups is 1. The standard InChI is InChI=1S/C19H23N3O3/c1-3-4-13-25-18-11-7-16(8-12-18)21-19(23)22-20-14-15-5-9-17(24-2)10-6-15/h5-12,14H,3-4,13H2,1-2H3,(H2,21,22,23). The summed E-state index contributed by atoms with van der Waals surface area (Å²) in [7, 11) is 1.61. The summed E-state index contributed by atoms with van der Waals surface area (Å²) in [5.74, 6) is 1.56. The van der Waals surface area contributed by atoms with Gasteiger partial charge in [0.1, 0.15) is 11.5 Å². The molecule has 2 N–H and O–H groups in total. The normalized spacial score (nSPS) is 10.5. The molecule has 0 radical (unpaired) electrons. The molecule has 0 atom stereocenters. The Hall–Kier alpha value is -3.02. The molecule has 2 aromatic rings. The first-order valence-electron chi connectivity index (χ1n) is 8.18. The number of nitrogens with zero attached hydrogens (tertiary/aromatic N) is 1. The second kappa shape index (κ2) is 9.97. The largest absolute Gasteiger partial charge is 0.497 e. The Labute approximate surface area is 147 Å². The van der Waals surface area contributed by atoms with E-state index in [0.29, 0.717) is 12.3 Å². The third-order valence-electron chi connectivity index (χ3n) is 3.37. The molecule has 132 valence electrons. The van der Waals surface area contributed by atoms with Crippen molar-refractivity contribution in [2.45, 2.75) is 19.8 Å². The Morgan fingerprint density at radius 1 is 1.08 bits per heavy atom. The molecule has 0 aliphatic rings. The zero-order valence-corrected chi connectivity index (χ0v) is 14.5. The number of methoxy groups -OCH3 is 1. The third-order valence-corrected chi connectivity index (χ3v) is 3.37. The monoisotopic (exact) mass is 341 g/mol. The Kier molecular flexibility index (Phi) is 7.31. The van der Waals surface area contributed by atoms with Gasteiger partial charge in [-0.1, -0.05) is 13.3 Å². The highest BCUT2D eigenvalue weighted by atomic mass is 16.5. The van der Waals surface area contributed by atoms with Crippen molar-refractivity contribution in [1.82, 2.24) is 5.43 Å². The van der Waals surface area contributed by atoms with E-state index in [1.165, 1.54) is 0 Å².